The van der Waals surface area contributed by atoms with Gasteiger partial charge in [0.05, 0.1) is 26.4 Å². The highest BCUT2D eigenvalue weighted by Crippen LogP contribution is 2.45. The maximum absolute atomic E-state index is 13.1. The Hall–Kier alpha value is -1.94. The number of aliphatic hydroxyl groups is 1. The lowest BCUT2D eigenvalue weighted by Gasteiger charge is -2.21. The molecule has 0 aromatic rings. The van der Waals surface area contributed by atoms with Crippen LogP contribution in [0.4, 0.5) is 0 Å². The SMILES string of the molecule is CCCCCCCCCCCCCCCCCCCCCCC(=O)O[C@H](COC(=O)CCCCCCCCCCCCCCCC)COP(=O)(O)OC[C@@H](O)COP(=O)(O)OC[C@@H](COC(=O)CCCCCCCCCCCCCCC)OC(=O)CCCCCCCCCCCCCCCC. The molecule has 0 aliphatic heterocycles. The molecule has 0 saturated heterocycles. The molecular weight excluding hydrogens is 1320 g/mol. The van der Waals surface area contributed by atoms with E-state index in [1.165, 1.54) is 276 Å². The molecule has 101 heavy (non-hydrogen) atoms. The lowest BCUT2D eigenvalue weighted by Crippen LogP contribution is -2.30. The maximum Gasteiger partial charge on any atom is 0.472 e. The fourth-order valence-corrected chi connectivity index (χ4v) is 14.4. The van der Waals surface area contributed by atoms with Crippen LogP contribution in [0.5, 0.6) is 0 Å². The predicted molar refractivity (Wildman–Crippen MR) is 414 cm³/mol. The van der Waals surface area contributed by atoms with Crippen LogP contribution in [-0.4, -0.2) is 96.7 Å². The molecule has 0 fully saturated rings. The second kappa shape index (κ2) is 76.3. The summed E-state index contributed by atoms with van der Waals surface area (Å²) in [6, 6.07) is 0. The minimum absolute atomic E-state index is 0.109. The average Bonchev–Trinajstić information content (AvgIpc) is 0.931. The van der Waals surface area contributed by atoms with Crippen LogP contribution in [0.2, 0.25) is 0 Å². The molecule has 0 rings (SSSR count). The van der Waals surface area contributed by atoms with Crippen molar-refractivity contribution in [3.8, 4) is 0 Å². The van der Waals surface area contributed by atoms with E-state index in [0.717, 1.165) is 89.9 Å². The van der Waals surface area contributed by atoms with Gasteiger partial charge in [-0.3, -0.25) is 37.3 Å². The number of unbranched alkanes of at least 4 members (excludes halogenated alkanes) is 57. The van der Waals surface area contributed by atoms with E-state index in [9.17, 15) is 43.2 Å². The van der Waals surface area contributed by atoms with E-state index in [4.69, 9.17) is 37.0 Å². The molecule has 3 N–H and O–H groups in total. The summed E-state index contributed by atoms with van der Waals surface area (Å²) in [5.74, 6) is -2.10. The molecule has 0 bridgehead atoms. The Balaban J connectivity index is 5.24. The molecular formula is C82H160O17P2. The van der Waals surface area contributed by atoms with Gasteiger partial charge in [0.1, 0.15) is 19.3 Å². The standard InChI is InChI=1S/C82H160O17P2/c1-5-9-13-17-21-25-29-33-36-37-38-39-40-41-45-49-53-57-61-65-69-82(87)99-78(73-93-80(85)67-63-59-55-51-47-43-34-30-26-22-18-14-10-6-2)75-97-101(90,91)95-71-76(83)70-94-100(88,89)96-74-77(72-92-79(84)66-62-58-54-50-46-42-32-28-24-20-16-12-8-4)98-81(86)68-64-60-56-52-48-44-35-31-27-23-19-15-11-7-3/h76-78,83H,5-75H2,1-4H3,(H,88,89)(H,90,91)/t76-,77+,78+/m0/s1. The lowest BCUT2D eigenvalue weighted by atomic mass is 10.0. The number of carbonyl (C=O) groups excluding carboxylic acids is 4. The molecule has 19 heteroatoms. The number of phosphoric ester groups is 2. The van der Waals surface area contributed by atoms with Crippen molar-refractivity contribution in [3.05, 3.63) is 0 Å². The Bertz CT molecular complexity index is 1910. The highest BCUT2D eigenvalue weighted by Gasteiger charge is 2.30. The monoisotopic (exact) mass is 1480 g/mol. The highest BCUT2D eigenvalue weighted by atomic mass is 31.2. The number of hydrogen-bond donors (Lipinski definition) is 3. The fraction of sp³-hybridized carbons (Fsp3) is 0.951. The molecule has 0 spiro atoms. The molecule has 0 heterocycles. The van der Waals surface area contributed by atoms with Crippen LogP contribution >= 0.6 is 15.6 Å². The van der Waals surface area contributed by atoms with Crippen molar-refractivity contribution in [2.75, 3.05) is 39.6 Å². The summed E-state index contributed by atoms with van der Waals surface area (Å²) in [5.41, 5.74) is 0. The van der Waals surface area contributed by atoms with Crippen LogP contribution in [0.25, 0.3) is 0 Å². The van der Waals surface area contributed by atoms with Gasteiger partial charge in [0, 0.05) is 25.7 Å². The molecule has 0 aromatic carbocycles. The number of carbonyl (C=O) groups is 4. The summed E-state index contributed by atoms with van der Waals surface area (Å²) < 4.78 is 68.8. The molecule has 600 valence electrons. The summed E-state index contributed by atoms with van der Waals surface area (Å²) in [4.78, 5) is 73.1. The molecule has 5 atom stereocenters. The van der Waals surface area contributed by atoms with Crippen LogP contribution in [0.15, 0.2) is 0 Å². The number of aliphatic hydroxyl groups excluding tert-OH is 1. The third-order valence-electron chi connectivity index (χ3n) is 19.4. The second-order valence-electron chi connectivity index (χ2n) is 29.5. The molecule has 0 aliphatic rings. The van der Waals surface area contributed by atoms with E-state index in [-0.39, 0.29) is 25.7 Å². The minimum atomic E-state index is -4.96. The maximum atomic E-state index is 13.1. The summed E-state index contributed by atoms with van der Waals surface area (Å²) in [5, 5.41) is 10.7. The largest absolute Gasteiger partial charge is 0.472 e. The lowest BCUT2D eigenvalue weighted by molar-refractivity contribution is -0.161. The van der Waals surface area contributed by atoms with Gasteiger partial charge in [-0.1, -0.05) is 394 Å². The Morgan fingerprint density at radius 1 is 0.238 bits per heavy atom. The Morgan fingerprint density at radius 2 is 0.396 bits per heavy atom. The summed E-state index contributed by atoms with van der Waals surface area (Å²) in [6.45, 7) is 5.04. The molecule has 17 nitrogen and oxygen atoms in total. The third kappa shape index (κ3) is 76.1. The first-order valence-electron chi connectivity index (χ1n) is 42.8. The summed E-state index contributed by atoms with van der Waals surface area (Å²) >= 11 is 0. The highest BCUT2D eigenvalue weighted by molar-refractivity contribution is 7.47. The summed E-state index contributed by atoms with van der Waals surface area (Å²) in [7, 11) is -9.92. The third-order valence-corrected chi connectivity index (χ3v) is 21.3. The van der Waals surface area contributed by atoms with Gasteiger partial charge in [0.25, 0.3) is 0 Å². The van der Waals surface area contributed by atoms with E-state index in [1.54, 1.807) is 0 Å². The smallest absolute Gasteiger partial charge is 0.462 e. The van der Waals surface area contributed by atoms with Crippen LogP contribution in [0.1, 0.15) is 445 Å². The van der Waals surface area contributed by atoms with Crippen molar-refractivity contribution in [3.63, 3.8) is 0 Å². The molecule has 0 radical (unpaired) electrons. The number of phosphoric acid groups is 2. The van der Waals surface area contributed by atoms with E-state index in [1.807, 2.05) is 0 Å². The van der Waals surface area contributed by atoms with Crippen molar-refractivity contribution >= 4 is 39.5 Å². The quantitative estimate of drug-likeness (QED) is 0.0222. The first-order chi connectivity index (χ1) is 49.2. The summed E-state index contributed by atoms with van der Waals surface area (Å²) in [6.07, 6.45) is 69.2. The van der Waals surface area contributed by atoms with Gasteiger partial charge in [-0.25, -0.2) is 9.13 Å². The normalized spacial score (nSPS) is 13.8. The van der Waals surface area contributed by atoms with Gasteiger partial charge in [0.15, 0.2) is 12.2 Å². The number of hydrogen-bond acceptors (Lipinski definition) is 15. The van der Waals surface area contributed by atoms with Gasteiger partial charge in [-0.05, 0) is 25.7 Å². The zero-order chi connectivity index (χ0) is 73.9. The molecule has 0 aliphatic carbocycles. The van der Waals surface area contributed by atoms with Crippen LogP contribution in [-0.2, 0) is 65.4 Å². The molecule has 0 saturated carbocycles. The zero-order valence-corrected chi connectivity index (χ0v) is 67.7. The van der Waals surface area contributed by atoms with Gasteiger partial charge < -0.3 is 33.8 Å². The van der Waals surface area contributed by atoms with Crippen molar-refractivity contribution < 1.29 is 80.2 Å². The van der Waals surface area contributed by atoms with Gasteiger partial charge >= 0.3 is 39.5 Å². The predicted octanol–water partition coefficient (Wildman–Crippen LogP) is 25.0. The average molecular weight is 1480 g/mol. The van der Waals surface area contributed by atoms with E-state index in [0.29, 0.717) is 25.7 Å². The van der Waals surface area contributed by atoms with Crippen molar-refractivity contribution in [2.45, 2.75) is 463 Å². The Labute approximate surface area is 619 Å². The van der Waals surface area contributed by atoms with Crippen molar-refractivity contribution in [2.24, 2.45) is 0 Å². The van der Waals surface area contributed by atoms with Gasteiger partial charge in [-0.2, -0.15) is 0 Å². The Kier molecular flexibility index (Phi) is 74.8. The van der Waals surface area contributed by atoms with Gasteiger partial charge in [-0.15, -0.1) is 0 Å². The van der Waals surface area contributed by atoms with Crippen molar-refractivity contribution in [1.82, 2.24) is 0 Å². The second-order valence-corrected chi connectivity index (χ2v) is 32.4. The zero-order valence-electron chi connectivity index (χ0n) is 65.9. The first-order valence-corrected chi connectivity index (χ1v) is 45.8. The minimum Gasteiger partial charge on any atom is -0.462 e. The number of ether oxygens (including phenoxy) is 4. The van der Waals surface area contributed by atoms with E-state index < -0.39 is 97.5 Å². The molecule has 0 amide bonds. The molecule has 2 unspecified atom stereocenters. The topological polar surface area (TPSA) is 237 Å². The van der Waals surface area contributed by atoms with Gasteiger partial charge in [0.2, 0.25) is 0 Å². The number of rotatable bonds is 83. The van der Waals surface area contributed by atoms with Crippen LogP contribution < -0.4 is 0 Å². The van der Waals surface area contributed by atoms with E-state index >= 15 is 0 Å². The number of esters is 4. The van der Waals surface area contributed by atoms with E-state index in [2.05, 4.69) is 27.7 Å². The molecule has 0 aromatic heterocycles. The Morgan fingerprint density at radius 3 is 0.584 bits per heavy atom. The van der Waals surface area contributed by atoms with Crippen LogP contribution in [0.3, 0.4) is 0 Å². The fourth-order valence-electron chi connectivity index (χ4n) is 12.8. The first kappa shape index (κ1) is 99.1. The van der Waals surface area contributed by atoms with Crippen molar-refractivity contribution in [1.29, 1.82) is 0 Å². The van der Waals surface area contributed by atoms with Crippen LogP contribution in [0, 0.1) is 0 Å².